The molecular weight excluding hydrogens is 306 g/mol. The van der Waals surface area contributed by atoms with Crippen LogP contribution in [0.25, 0.3) is 22.2 Å². The zero-order valence-corrected chi connectivity index (χ0v) is 11.7. The minimum absolute atomic E-state index is 0.507. The van der Waals surface area contributed by atoms with E-state index in [0.29, 0.717) is 24.7 Å². The monoisotopic (exact) mass is 317 g/mol. The minimum atomic E-state index is 0.507. The van der Waals surface area contributed by atoms with Crippen molar-refractivity contribution in [1.29, 1.82) is 0 Å². The lowest BCUT2D eigenvalue weighted by molar-refractivity contribution is 0.507. The minimum Gasteiger partial charge on any atom is -0.421 e. The standard InChI is InChI=1S/C14H12BrN3O/c15-12-4-3-9-7-11(2-1-10(9)8-12)14-18-17-13(19-14)5-6-16/h1-4,7-8H,5-6,16H2. The Labute approximate surface area is 118 Å². The first-order chi connectivity index (χ1) is 9.26. The van der Waals surface area contributed by atoms with E-state index in [2.05, 4.69) is 38.3 Å². The number of aromatic nitrogens is 2. The quantitative estimate of drug-likeness (QED) is 0.806. The number of benzene rings is 2. The molecule has 1 heterocycles. The molecule has 96 valence electrons. The van der Waals surface area contributed by atoms with E-state index >= 15 is 0 Å². The van der Waals surface area contributed by atoms with Gasteiger partial charge in [-0.2, -0.15) is 0 Å². The number of rotatable bonds is 3. The van der Waals surface area contributed by atoms with Gasteiger partial charge in [-0.3, -0.25) is 0 Å². The maximum absolute atomic E-state index is 5.57. The summed E-state index contributed by atoms with van der Waals surface area (Å²) in [4.78, 5) is 0. The van der Waals surface area contributed by atoms with Gasteiger partial charge in [0, 0.05) is 23.0 Å². The third-order valence-corrected chi connectivity index (χ3v) is 3.37. The predicted octanol–water partition coefficient (Wildman–Crippen LogP) is 3.15. The molecule has 19 heavy (non-hydrogen) atoms. The molecule has 0 amide bonds. The van der Waals surface area contributed by atoms with Gasteiger partial charge in [0.15, 0.2) is 0 Å². The molecule has 0 saturated carbocycles. The largest absolute Gasteiger partial charge is 0.421 e. The lowest BCUT2D eigenvalue weighted by atomic mass is 10.1. The highest BCUT2D eigenvalue weighted by Crippen LogP contribution is 2.25. The van der Waals surface area contributed by atoms with Crippen molar-refractivity contribution in [2.24, 2.45) is 5.73 Å². The highest BCUT2D eigenvalue weighted by molar-refractivity contribution is 9.10. The van der Waals surface area contributed by atoms with E-state index < -0.39 is 0 Å². The van der Waals surface area contributed by atoms with Crippen molar-refractivity contribution < 1.29 is 4.42 Å². The molecule has 1 aromatic heterocycles. The fraction of sp³-hybridized carbons (Fsp3) is 0.143. The van der Waals surface area contributed by atoms with Crippen LogP contribution in [-0.4, -0.2) is 16.7 Å². The summed E-state index contributed by atoms with van der Waals surface area (Å²) in [5.41, 5.74) is 6.39. The third-order valence-electron chi connectivity index (χ3n) is 2.87. The van der Waals surface area contributed by atoms with E-state index in [4.69, 9.17) is 10.2 Å². The molecule has 2 aromatic carbocycles. The van der Waals surface area contributed by atoms with Gasteiger partial charge in [0.05, 0.1) is 0 Å². The molecule has 0 radical (unpaired) electrons. The number of hydrogen-bond acceptors (Lipinski definition) is 4. The predicted molar refractivity (Wildman–Crippen MR) is 77.7 cm³/mol. The van der Waals surface area contributed by atoms with Crippen LogP contribution in [0.3, 0.4) is 0 Å². The van der Waals surface area contributed by atoms with E-state index in [0.717, 1.165) is 15.4 Å². The van der Waals surface area contributed by atoms with Crippen molar-refractivity contribution in [3.05, 3.63) is 46.8 Å². The summed E-state index contributed by atoms with van der Waals surface area (Å²) in [5, 5.41) is 10.3. The van der Waals surface area contributed by atoms with E-state index in [1.165, 1.54) is 5.39 Å². The van der Waals surface area contributed by atoms with Crippen LogP contribution in [0, 0.1) is 0 Å². The van der Waals surface area contributed by atoms with E-state index in [9.17, 15) is 0 Å². The van der Waals surface area contributed by atoms with Crippen molar-refractivity contribution >= 4 is 26.7 Å². The van der Waals surface area contributed by atoms with E-state index in [1.54, 1.807) is 0 Å². The molecular formula is C14H12BrN3O. The number of halogens is 1. The second kappa shape index (κ2) is 5.11. The second-order valence-electron chi connectivity index (χ2n) is 4.25. The number of hydrogen-bond donors (Lipinski definition) is 1. The van der Waals surface area contributed by atoms with Crippen LogP contribution in [0.1, 0.15) is 5.89 Å². The maximum Gasteiger partial charge on any atom is 0.247 e. The van der Waals surface area contributed by atoms with Gasteiger partial charge in [-0.05, 0) is 35.0 Å². The topological polar surface area (TPSA) is 64.9 Å². The molecule has 0 atom stereocenters. The summed E-state index contributed by atoms with van der Waals surface area (Å²) in [6.07, 6.45) is 0.605. The average Bonchev–Trinajstić information content (AvgIpc) is 2.87. The first-order valence-corrected chi connectivity index (χ1v) is 6.78. The molecule has 0 saturated heterocycles. The van der Waals surface area contributed by atoms with Crippen LogP contribution >= 0.6 is 15.9 Å². The fourth-order valence-electron chi connectivity index (χ4n) is 1.94. The zero-order chi connectivity index (χ0) is 13.2. The summed E-state index contributed by atoms with van der Waals surface area (Å²) in [6.45, 7) is 0.507. The van der Waals surface area contributed by atoms with Crippen molar-refractivity contribution in [2.45, 2.75) is 6.42 Å². The molecule has 0 aliphatic heterocycles. The Bertz CT molecular complexity index is 724. The Morgan fingerprint density at radius 3 is 2.68 bits per heavy atom. The number of nitrogens with two attached hydrogens (primary N) is 1. The summed E-state index contributed by atoms with van der Waals surface area (Å²) < 4.78 is 6.64. The van der Waals surface area contributed by atoms with Crippen LogP contribution in [-0.2, 0) is 6.42 Å². The molecule has 3 aromatic rings. The molecule has 2 N–H and O–H groups in total. The second-order valence-corrected chi connectivity index (χ2v) is 5.16. The van der Waals surface area contributed by atoms with E-state index in [-0.39, 0.29) is 0 Å². The van der Waals surface area contributed by atoms with Crippen LogP contribution < -0.4 is 5.73 Å². The van der Waals surface area contributed by atoms with Gasteiger partial charge in [0.1, 0.15) is 0 Å². The molecule has 0 spiro atoms. The SMILES string of the molecule is NCCc1nnc(-c2ccc3cc(Br)ccc3c2)o1. The van der Waals surface area contributed by atoms with Crippen LogP contribution in [0.5, 0.6) is 0 Å². The first-order valence-electron chi connectivity index (χ1n) is 5.98. The number of fused-ring (bicyclic) bond motifs is 1. The van der Waals surface area contributed by atoms with Gasteiger partial charge >= 0.3 is 0 Å². The highest BCUT2D eigenvalue weighted by Gasteiger charge is 2.08. The van der Waals surface area contributed by atoms with Gasteiger partial charge in [-0.25, -0.2) is 0 Å². The van der Waals surface area contributed by atoms with Crippen molar-refractivity contribution in [2.75, 3.05) is 6.54 Å². The maximum atomic E-state index is 5.57. The Balaban J connectivity index is 2.02. The van der Waals surface area contributed by atoms with Crippen LogP contribution in [0.15, 0.2) is 45.3 Å². The molecule has 0 bridgehead atoms. The lowest BCUT2D eigenvalue weighted by Gasteiger charge is -2.00. The molecule has 0 aliphatic carbocycles. The van der Waals surface area contributed by atoms with Crippen LogP contribution in [0.4, 0.5) is 0 Å². The summed E-state index contributed by atoms with van der Waals surface area (Å²) in [5.74, 6) is 1.11. The fourth-order valence-corrected chi connectivity index (χ4v) is 2.32. The van der Waals surface area contributed by atoms with Gasteiger partial charge < -0.3 is 10.2 Å². The molecule has 5 heteroatoms. The summed E-state index contributed by atoms with van der Waals surface area (Å²) in [7, 11) is 0. The highest BCUT2D eigenvalue weighted by atomic mass is 79.9. The molecule has 3 rings (SSSR count). The third kappa shape index (κ3) is 2.52. The van der Waals surface area contributed by atoms with Gasteiger partial charge in [0.2, 0.25) is 11.8 Å². The first kappa shape index (κ1) is 12.3. The van der Waals surface area contributed by atoms with Crippen molar-refractivity contribution in [3.63, 3.8) is 0 Å². The van der Waals surface area contributed by atoms with E-state index in [1.807, 2.05) is 24.3 Å². The van der Waals surface area contributed by atoms with Gasteiger partial charge in [-0.1, -0.05) is 28.1 Å². The Hall–Kier alpha value is -1.72. The number of nitrogens with zero attached hydrogens (tertiary/aromatic N) is 2. The summed E-state index contributed by atoms with van der Waals surface area (Å²) >= 11 is 3.46. The molecule has 0 aliphatic rings. The Morgan fingerprint density at radius 2 is 1.84 bits per heavy atom. The smallest absolute Gasteiger partial charge is 0.247 e. The summed E-state index contributed by atoms with van der Waals surface area (Å²) in [6, 6.07) is 12.2. The average molecular weight is 318 g/mol. The lowest BCUT2D eigenvalue weighted by Crippen LogP contribution is -2.02. The van der Waals surface area contributed by atoms with Crippen LogP contribution in [0.2, 0.25) is 0 Å². The molecule has 4 nitrogen and oxygen atoms in total. The van der Waals surface area contributed by atoms with Crippen molar-refractivity contribution in [1.82, 2.24) is 10.2 Å². The van der Waals surface area contributed by atoms with Crippen molar-refractivity contribution in [3.8, 4) is 11.5 Å². The Kier molecular flexibility index (Phi) is 3.31. The Morgan fingerprint density at radius 1 is 1.05 bits per heavy atom. The molecule has 0 unspecified atom stereocenters. The van der Waals surface area contributed by atoms with Gasteiger partial charge in [0.25, 0.3) is 0 Å². The molecule has 0 fully saturated rings. The zero-order valence-electron chi connectivity index (χ0n) is 10.1. The van der Waals surface area contributed by atoms with Gasteiger partial charge in [-0.15, -0.1) is 10.2 Å². The normalized spacial score (nSPS) is 11.1.